The lowest BCUT2D eigenvalue weighted by Crippen LogP contribution is -2.32. The summed E-state index contributed by atoms with van der Waals surface area (Å²) >= 11 is 0. The minimum atomic E-state index is -4.79. The number of carbonyl (C=O) groups is 1. The Morgan fingerprint density at radius 2 is 2.04 bits per heavy atom. The number of rotatable bonds is 4. The third kappa shape index (κ3) is 3.77. The molecule has 0 saturated carbocycles. The molecule has 0 aliphatic rings. The van der Waals surface area contributed by atoms with E-state index in [2.05, 4.69) is 25.5 Å². The Bertz CT molecular complexity index is 981. The highest BCUT2D eigenvalue weighted by Gasteiger charge is 2.34. The van der Waals surface area contributed by atoms with E-state index in [4.69, 9.17) is 0 Å². The largest absolute Gasteiger partial charge is 0.421 e. The Balaban J connectivity index is 1.73. The Morgan fingerprint density at radius 1 is 1.23 bits per heavy atom. The molecule has 0 aromatic carbocycles. The summed E-state index contributed by atoms with van der Waals surface area (Å²) in [7, 11) is 0. The minimum Gasteiger partial charge on any atom is -0.306 e. The van der Waals surface area contributed by atoms with Crippen molar-refractivity contribution < 1.29 is 18.0 Å². The van der Waals surface area contributed by atoms with Crippen LogP contribution >= 0.6 is 0 Å². The van der Waals surface area contributed by atoms with E-state index in [-0.39, 0.29) is 5.95 Å². The molecule has 0 aliphatic carbocycles. The number of H-pyrrole nitrogens is 1. The van der Waals surface area contributed by atoms with Crippen LogP contribution < -0.4 is 10.9 Å². The molecule has 134 valence electrons. The lowest BCUT2D eigenvalue weighted by molar-refractivity contribution is -0.139. The predicted octanol–water partition coefficient (Wildman–Crippen LogP) is 1.69. The van der Waals surface area contributed by atoms with Gasteiger partial charge in [0.15, 0.2) is 5.82 Å². The summed E-state index contributed by atoms with van der Waals surface area (Å²) in [5.41, 5.74) is -2.16. The first-order valence-electron chi connectivity index (χ1n) is 7.25. The van der Waals surface area contributed by atoms with Gasteiger partial charge in [0.05, 0.1) is 0 Å². The Morgan fingerprint density at radius 3 is 2.73 bits per heavy atom. The standard InChI is InChI=1S/C15H11F3N6O2/c16-15(17,18)9-4-3-7-24(13(9)26)8-11(25)20-14-21-12(22-23-14)10-5-1-2-6-19-10/h1-7H,8H2,(H2,20,21,22,23,25). The van der Waals surface area contributed by atoms with Crippen molar-refractivity contribution in [2.45, 2.75) is 12.7 Å². The number of nitrogens with one attached hydrogen (secondary N) is 2. The number of aromatic amines is 1. The van der Waals surface area contributed by atoms with Crippen LogP contribution in [-0.4, -0.2) is 30.6 Å². The van der Waals surface area contributed by atoms with Gasteiger partial charge in [-0.05, 0) is 24.3 Å². The van der Waals surface area contributed by atoms with Crippen molar-refractivity contribution in [1.82, 2.24) is 24.7 Å². The van der Waals surface area contributed by atoms with Crippen LogP contribution in [0, 0.1) is 0 Å². The molecule has 0 atom stereocenters. The van der Waals surface area contributed by atoms with Gasteiger partial charge in [0.1, 0.15) is 17.8 Å². The maximum absolute atomic E-state index is 12.7. The van der Waals surface area contributed by atoms with Crippen molar-refractivity contribution in [2.24, 2.45) is 0 Å². The van der Waals surface area contributed by atoms with E-state index in [0.29, 0.717) is 22.2 Å². The van der Waals surface area contributed by atoms with Crippen molar-refractivity contribution in [1.29, 1.82) is 0 Å². The van der Waals surface area contributed by atoms with Gasteiger partial charge in [0.2, 0.25) is 11.9 Å². The van der Waals surface area contributed by atoms with E-state index >= 15 is 0 Å². The second kappa shape index (κ2) is 6.78. The molecule has 3 heterocycles. The number of amides is 1. The molecule has 0 radical (unpaired) electrons. The molecule has 1 amide bonds. The van der Waals surface area contributed by atoms with Crippen molar-refractivity contribution in [3.8, 4) is 11.5 Å². The van der Waals surface area contributed by atoms with E-state index in [1.807, 2.05) is 0 Å². The highest BCUT2D eigenvalue weighted by molar-refractivity contribution is 5.88. The number of carbonyl (C=O) groups excluding carboxylic acids is 1. The van der Waals surface area contributed by atoms with Gasteiger partial charge in [-0.1, -0.05) is 6.07 Å². The number of hydrogen-bond donors (Lipinski definition) is 2. The number of nitrogens with zero attached hydrogens (tertiary/aromatic N) is 4. The number of anilines is 1. The fourth-order valence-electron chi connectivity index (χ4n) is 2.13. The van der Waals surface area contributed by atoms with Gasteiger partial charge in [0.25, 0.3) is 5.56 Å². The molecule has 0 saturated heterocycles. The summed E-state index contributed by atoms with van der Waals surface area (Å²) in [6.07, 6.45) is -2.15. The third-order valence-electron chi connectivity index (χ3n) is 3.28. The van der Waals surface area contributed by atoms with Gasteiger partial charge in [-0.3, -0.25) is 25.0 Å². The van der Waals surface area contributed by atoms with Gasteiger partial charge >= 0.3 is 6.18 Å². The van der Waals surface area contributed by atoms with Crippen LogP contribution in [0.4, 0.5) is 19.1 Å². The van der Waals surface area contributed by atoms with Gasteiger partial charge in [0, 0.05) is 12.4 Å². The minimum absolute atomic E-state index is 0.0873. The van der Waals surface area contributed by atoms with Gasteiger partial charge < -0.3 is 4.57 Å². The first kappa shape index (κ1) is 17.3. The lowest BCUT2D eigenvalue weighted by Gasteiger charge is -2.09. The summed E-state index contributed by atoms with van der Waals surface area (Å²) in [5.74, 6) is -0.536. The summed E-state index contributed by atoms with van der Waals surface area (Å²) in [6.45, 7) is -0.615. The van der Waals surface area contributed by atoms with Crippen LogP contribution in [-0.2, 0) is 17.5 Å². The average molecular weight is 364 g/mol. The molecule has 3 aromatic rings. The second-order valence-corrected chi connectivity index (χ2v) is 5.12. The maximum atomic E-state index is 12.7. The van der Waals surface area contributed by atoms with Crippen LogP contribution in [0.25, 0.3) is 11.5 Å². The lowest BCUT2D eigenvalue weighted by atomic mass is 10.2. The molecule has 0 bridgehead atoms. The van der Waals surface area contributed by atoms with Gasteiger partial charge in [-0.2, -0.15) is 18.2 Å². The molecular formula is C15H11F3N6O2. The van der Waals surface area contributed by atoms with E-state index in [0.717, 1.165) is 12.3 Å². The van der Waals surface area contributed by atoms with Crippen LogP contribution in [0.3, 0.4) is 0 Å². The van der Waals surface area contributed by atoms with E-state index in [9.17, 15) is 22.8 Å². The SMILES string of the molecule is O=C(Cn1cccc(C(F)(F)F)c1=O)Nc1n[nH]c(-c2ccccn2)n1. The van der Waals surface area contributed by atoms with Crippen LogP contribution in [0.5, 0.6) is 0 Å². The predicted molar refractivity (Wildman–Crippen MR) is 83.9 cm³/mol. The number of aromatic nitrogens is 5. The first-order valence-corrected chi connectivity index (χ1v) is 7.25. The number of pyridine rings is 2. The van der Waals surface area contributed by atoms with Crippen LogP contribution in [0.1, 0.15) is 5.56 Å². The molecule has 3 aromatic heterocycles. The highest BCUT2D eigenvalue weighted by atomic mass is 19.4. The third-order valence-corrected chi connectivity index (χ3v) is 3.28. The van der Waals surface area contributed by atoms with Crippen molar-refractivity contribution in [2.75, 3.05) is 5.32 Å². The van der Waals surface area contributed by atoms with Crippen molar-refractivity contribution in [3.05, 3.63) is 58.6 Å². The summed E-state index contributed by atoms with van der Waals surface area (Å²) < 4.78 is 38.9. The topological polar surface area (TPSA) is 106 Å². The molecule has 11 heteroatoms. The summed E-state index contributed by atoms with van der Waals surface area (Å²) in [5, 5.41) is 8.66. The molecular weight excluding hydrogens is 353 g/mol. The van der Waals surface area contributed by atoms with Crippen LogP contribution in [0.15, 0.2) is 47.5 Å². The fourth-order valence-corrected chi connectivity index (χ4v) is 2.13. The average Bonchev–Trinajstić information content (AvgIpc) is 3.05. The van der Waals surface area contributed by atoms with Gasteiger partial charge in [-0.25, -0.2) is 0 Å². The van der Waals surface area contributed by atoms with Crippen LogP contribution in [0.2, 0.25) is 0 Å². The first-order chi connectivity index (χ1) is 12.3. The normalized spacial score (nSPS) is 11.3. The number of halogens is 3. The molecule has 0 fully saturated rings. The van der Waals surface area contributed by atoms with E-state index < -0.39 is 29.8 Å². The van der Waals surface area contributed by atoms with E-state index in [1.54, 1.807) is 24.4 Å². The Labute approximate surface area is 143 Å². The number of alkyl halides is 3. The second-order valence-electron chi connectivity index (χ2n) is 5.12. The molecule has 26 heavy (non-hydrogen) atoms. The quantitative estimate of drug-likeness (QED) is 0.733. The zero-order chi connectivity index (χ0) is 18.7. The molecule has 0 aliphatic heterocycles. The maximum Gasteiger partial charge on any atom is 0.421 e. The Hall–Kier alpha value is -3.50. The van der Waals surface area contributed by atoms with E-state index in [1.165, 1.54) is 0 Å². The Kier molecular flexibility index (Phi) is 4.52. The number of hydrogen-bond acceptors (Lipinski definition) is 5. The smallest absolute Gasteiger partial charge is 0.306 e. The molecule has 0 unspecified atom stereocenters. The molecule has 3 rings (SSSR count). The molecule has 2 N–H and O–H groups in total. The zero-order valence-electron chi connectivity index (χ0n) is 13.0. The highest BCUT2D eigenvalue weighted by Crippen LogP contribution is 2.25. The van der Waals surface area contributed by atoms with Crippen molar-refractivity contribution >= 4 is 11.9 Å². The monoisotopic (exact) mass is 364 g/mol. The van der Waals surface area contributed by atoms with Gasteiger partial charge in [-0.15, -0.1) is 5.10 Å². The molecule has 8 nitrogen and oxygen atoms in total. The van der Waals surface area contributed by atoms with Crippen molar-refractivity contribution in [3.63, 3.8) is 0 Å². The zero-order valence-corrected chi connectivity index (χ0v) is 13.0. The molecule has 0 spiro atoms. The fraction of sp³-hybridized carbons (Fsp3) is 0.133. The summed E-state index contributed by atoms with van der Waals surface area (Å²) in [4.78, 5) is 31.9. The summed E-state index contributed by atoms with van der Waals surface area (Å²) in [6, 6.07) is 6.83.